The maximum Gasteiger partial charge on any atom is 0.337 e. The second-order valence-corrected chi connectivity index (χ2v) is 9.08. The number of aromatic nitrogens is 2. The van der Waals surface area contributed by atoms with Crippen LogP contribution in [0.15, 0.2) is 29.2 Å². The van der Waals surface area contributed by atoms with E-state index in [0.29, 0.717) is 32.9 Å². The molecular weight excluding hydrogens is 444 g/mol. The summed E-state index contributed by atoms with van der Waals surface area (Å²) >= 11 is 7.84. The normalized spacial score (nSPS) is 15.0. The minimum atomic E-state index is -0.418. The molecular formula is C19H18N4O4S3. The fourth-order valence-electron chi connectivity index (χ4n) is 2.60. The van der Waals surface area contributed by atoms with Crippen molar-refractivity contribution in [1.29, 1.82) is 0 Å². The Morgan fingerprint density at radius 2 is 2.00 bits per heavy atom. The van der Waals surface area contributed by atoms with Crippen molar-refractivity contribution in [2.45, 2.75) is 19.8 Å². The summed E-state index contributed by atoms with van der Waals surface area (Å²) in [5, 5.41) is 11.6. The van der Waals surface area contributed by atoms with Gasteiger partial charge >= 0.3 is 5.97 Å². The molecule has 30 heavy (non-hydrogen) atoms. The molecule has 1 N–H and O–H groups in total. The summed E-state index contributed by atoms with van der Waals surface area (Å²) in [6, 6.07) is 6.74. The summed E-state index contributed by atoms with van der Waals surface area (Å²) in [6.07, 6.45) is 2.44. The van der Waals surface area contributed by atoms with Crippen molar-refractivity contribution in [3.63, 3.8) is 0 Å². The maximum atomic E-state index is 12.7. The highest BCUT2D eigenvalue weighted by molar-refractivity contribution is 8.26. The van der Waals surface area contributed by atoms with E-state index in [4.69, 9.17) is 12.2 Å². The molecule has 1 aromatic heterocycles. The third-order valence-electron chi connectivity index (χ3n) is 4.06. The average molecular weight is 463 g/mol. The first-order valence-electron chi connectivity index (χ1n) is 8.91. The van der Waals surface area contributed by atoms with Crippen LogP contribution in [0.1, 0.15) is 33.8 Å². The molecule has 8 nitrogen and oxygen atoms in total. The SMILES string of the molecule is COC(=O)c1ccc(/C=C2/SC(=S)N(CCCC(=O)Nc3nnc(C)s3)C2=O)cc1. The van der Waals surface area contributed by atoms with Crippen LogP contribution in [0.4, 0.5) is 5.13 Å². The lowest BCUT2D eigenvalue weighted by molar-refractivity contribution is -0.122. The molecule has 3 rings (SSSR count). The number of hydrogen-bond donors (Lipinski definition) is 1. The number of ether oxygens (including phenoxy) is 1. The number of thioether (sulfide) groups is 1. The number of anilines is 1. The zero-order valence-corrected chi connectivity index (χ0v) is 18.7. The molecule has 0 saturated carbocycles. The van der Waals surface area contributed by atoms with Crippen molar-refractivity contribution >= 4 is 68.6 Å². The summed E-state index contributed by atoms with van der Waals surface area (Å²) in [5.74, 6) is -0.793. The molecule has 0 atom stereocenters. The molecule has 156 valence electrons. The lowest BCUT2D eigenvalue weighted by atomic mass is 10.1. The summed E-state index contributed by atoms with van der Waals surface area (Å²) in [7, 11) is 1.32. The van der Waals surface area contributed by atoms with E-state index >= 15 is 0 Å². The lowest BCUT2D eigenvalue weighted by Crippen LogP contribution is -2.29. The minimum Gasteiger partial charge on any atom is -0.465 e. The number of carbonyl (C=O) groups is 3. The van der Waals surface area contributed by atoms with Gasteiger partial charge in [0.1, 0.15) is 9.33 Å². The van der Waals surface area contributed by atoms with Crippen molar-refractivity contribution < 1.29 is 19.1 Å². The number of nitrogens with zero attached hydrogens (tertiary/aromatic N) is 3. The lowest BCUT2D eigenvalue weighted by Gasteiger charge is -2.13. The zero-order chi connectivity index (χ0) is 21.7. The van der Waals surface area contributed by atoms with Crippen molar-refractivity contribution in [3.05, 3.63) is 45.3 Å². The maximum absolute atomic E-state index is 12.7. The smallest absolute Gasteiger partial charge is 0.337 e. The fourth-order valence-corrected chi connectivity index (χ4v) is 4.52. The summed E-state index contributed by atoms with van der Waals surface area (Å²) in [4.78, 5) is 38.2. The number of thiocarbonyl (C=S) groups is 1. The van der Waals surface area contributed by atoms with Gasteiger partial charge in [-0.25, -0.2) is 4.79 Å². The van der Waals surface area contributed by atoms with Crippen LogP contribution in [0.5, 0.6) is 0 Å². The summed E-state index contributed by atoms with van der Waals surface area (Å²) in [6.45, 7) is 2.16. The van der Waals surface area contributed by atoms with Gasteiger partial charge < -0.3 is 10.1 Å². The molecule has 1 aliphatic rings. The Balaban J connectivity index is 1.54. The van der Waals surface area contributed by atoms with Crippen molar-refractivity contribution in [2.24, 2.45) is 0 Å². The van der Waals surface area contributed by atoms with Gasteiger partial charge in [0, 0.05) is 13.0 Å². The number of methoxy groups -OCH3 is 1. The topological polar surface area (TPSA) is 101 Å². The molecule has 1 saturated heterocycles. The fraction of sp³-hybridized carbons (Fsp3) is 0.263. The molecule has 2 amide bonds. The monoisotopic (exact) mass is 462 g/mol. The largest absolute Gasteiger partial charge is 0.465 e. The predicted octanol–water partition coefficient (Wildman–Crippen LogP) is 3.25. The van der Waals surface area contributed by atoms with E-state index in [-0.39, 0.29) is 18.2 Å². The molecule has 0 aliphatic carbocycles. The molecule has 1 fully saturated rings. The second-order valence-electron chi connectivity index (χ2n) is 6.22. The minimum absolute atomic E-state index is 0.183. The Labute approximate surface area is 186 Å². The highest BCUT2D eigenvalue weighted by Crippen LogP contribution is 2.32. The first-order chi connectivity index (χ1) is 14.4. The van der Waals surface area contributed by atoms with Crippen LogP contribution in [0.3, 0.4) is 0 Å². The van der Waals surface area contributed by atoms with Crippen LogP contribution in [-0.4, -0.2) is 50.9 Å². The standard InChI is InChI=1S/C19H18N4O4S3/c1-11-21-22-18(29-11)20-15(24)4-3-9-23-16(25)14(30-19(23)28)10-12-5-7-13(8-6-12)17(26)27-2/h5-8,10H,3-4,9H2,1-2H3,(H,20,22,24)/b14-10+. The van der Waals surface area contributed by atoms with Gasteiger partial charge in [-0.05, 0) is 37.1 Å². The quantitative estimate of drug-likeness (QED) is 0.380. The number of nitrogens with one attached hydrogen (secondary N) is 1. The Morgan fingerprint density at radius 3 is 2.63 bits per heavy atom. The van der Waals surface area contributed by atoms with E-state index in [1.54, 1.807) is 30.3 Å². The van der Waals surface area contributed by atoms with Crippen LogP contribution in [-0.2, 0) is 14.3 Å². The van der Waals surface area contributed by atoms with Crippen molar-refractivity contribution in [1.82, 2.24) is 15.1 Å². The molecule has 2 heterocycles. The van der Waals surface area contributed by atoms with Gasteiger partial charge in [0.15, 0.2) is 0 Å². The molecule has 0 spiro atoms. The van der Waals surface area contributed by atoms with Crippen LogP contribution < -0.4 is 5.32 Å². The molecule has 2 aromatic rings. The van der Waals surface area contributed by atoms with Gasteiger partial charge in [-0.2, -0.15) is 0 Å². The third-order valence-corrected chi connectivity index (χ3v) is 6.19. The number of aryl methyl sites for hydroxylation is 1. The van der Waals surface area contributed by atoms with Crippen LogP contribution >= 0.6 is 35.3 Å². The first kappa shape index (κ1) is 22.1. The van der Waals surface area contributed by atoms with E-state index in [0.717, 1.165) is 10.6 Å². The van der Waals surface area contributed by atoms with Gasteiger partial charge in [0.25, 0.3) is 5.91 Å². The second kappa shape index (κ2) is 9.92. The van der Waals surface area contributed by atoms with E-state index in [1.165, 1.54) is 35.1 Å². The highest BCUT2D eigenvalue weighted by Gasteiger charge is 2.31. The van der Waals surface area contributed by atoms with E-state index in [2.05, 4.69) is 20.3 Å². The Kier molecular flexibility index (Phi) is 7.29. The first-order valence-corrected chi connectivity index (χ1v) is 10.9. The van der Waals surface area contributed by atoms with Gasteiger partial charge in [0.05, 0.1) is 17.6 Å². The van der Waals surface area contributed by atoms with Gasteiger partial charge in [-0.1, -0.05) is 47.4 Å². The number of benzene rings is 1. The summed E-state index contributed by atoms with van der Waals surface area (Å²) < 4.78 is 5.13. The van der Waals surface area contributed by atoms with Crippen LogP contribution in [0, 0.1) is 6.92 Å². The zero-order valence-electron chi connectivity index (χ0n) is 16.2. The van der Waals surface area contributed by atoms with E-state index < -0.39 is 5.97 Å². The molecule has 1 aliphatic heterocycles. The number of carbonyl (C=O) groups excluding carboxylic acids is 3. The van der Waals surface area contributed by atoms with Gasteiger partial charge in [-0.3, -0.25) is 14.5 Å². The van der Waals surface area contributed by atoms with Crippen LogP contribution in [0.25, 0.3) is 6.08 Å². The third kappa shape index (κ3) is 5.49. The molecule has 0 radical (unpaired) electrons. The van der Waals surface area contributed by atoms with Crippen molar-refractivity contribution in [3.8, 4) is 0 Å². The highest BCUT2D eigenvalue weighted by atomic mass is 32.2. The number of esters is 1. The van der Waals surface area contributed by atoms with Crippen LogP contribution in [0.2, 0.25) is 0 Å². The Bertz CT molecular complexity index is 1020. The van der Waals surface area contributed by atoms with Gasteiger partial charge in [-0.15, -0.1) is 10.2 Å². The molecule has 0 bridgehead atoms. The Hall–Kier alpha value is -2.63. The predicted molar refractivity (Wildman–Crippen MR) is 120 cm³/mol. The number of amides is 2. The number of hydrogen-bond acceptors (Lipinski definition) is 9. The van der Waals surface area contributed by atoms with Gasteiger partial charge in [0.2, 0.25) is 11.0 Å². The molecule has 0 unspecified atom stereocenters. The van der Waals surface area contributed by atoms with E-state index in [1.807, 2.05) is 6.92 Å². The number of rotatable bonds is 7. The van der Waals surface area contributed by atoms with E-state index in [9.17, 15) is 14.4 Å². The Morgan fingerprint density at radius 1 is 1.27 bits per heavy atom. The van der Waals surface area contributed by atoms with Crippen molar-refractivity contribution in [2.75, 3.05) is 19.0 Å². The molecule has 11 heteroatoms. The summed E-state index contributed by atoms with van der Waals surface area (Å²) in [5.41, 5.74) is 1.21. The molecule has 1 aromatic carbocycles. The average Bonchev–Trinajstić information content (AvgIpc) is 3.25.